The molecule has 0 bridgehead atoms. The third-order valence-corrected chi connectivity index (χ3v) is 7.12. The predicted octanol–water partition coefficient (Wildman–Crippen LogP) is 5.39. The van der Waals surface area contributed by atoms with Crippen molar-refractivity contribution in [1.82, 2.24) is 19.7 Å². The summed E-state index contributed by atoms with van der Waals surface area (Å²) in [7, 11) is 0. The number of fused-ring (bicyclic) bond motifs is 1. The highest BCUT2D eigenvalue weighted by Gasteiger charge is 2.32. The van der Waals surface area contributed by atoms with Gasteiger partial charge in [0.2, 0.25) is 11.9 Å². The molecule has 0 aliphatic heterocycles. The molecule has 156 valence electrons. The number of halogens is 1. The number of allylic oxidation sites excluding steroid dienone is 2. The number of rotatable bonds is 5. The summed E-state index contributed by atoms with van der Waals surface area (Å²) in [6, 6.07) is 16.2. The molecule has 1 aliphatic carbocycles. The van der Waals surface area contributed by atoms with Crippen LogP contribution in [0.1, 0.15) is 29.3 Å². The van der Waals surface area contributed by atoms with Gasteiger partial charge in [0, 0.05) is 10.4 Å². The number of carbonyl (C=O) groups is 1. The number of amides is 1. The van der Waals surface area contributed by atoms with Crippen LogP contribution >= 0.6 is 27.3 Å². The molecule has 8 heteroatoms. The van der Waals surface area contributed by atoms with Gasteiger partial charge in [0.1, 0.15) is 6.33 Å². The molecule has 5 rings (SSSR count). The number of aromatic nitrogens is 4. The summed E-state index contributed by atoms with van der Waals surface area (Å²) in [4.78, 5) is 22.2. The lowest BCUT2D eigenvalue weighted by Crippen LogP contribution is -2.29. The van der Waals surface area contributed by atoms with Crippen LogP contribution in [0.5, 0.6) is 0 Å². The number of thiazole rings is 1. The average molecular weight is 494 g/mol. The van der Waals surface area contributed by atoms with E-state index in [9.17, 15) is 4.79 Å². The summed E-state index contributed by atoms with van der Waals surface area (Å²) < 4.78 is 3.91. The van der Waals surface area contributed by atoms with Crippen molar-refractivity contribution < 1.29 is 4.79 Å². The SMILES string of the molecule is O=C(Nc1ncn(Cc2ccc(Br)cc2)n1)C1CC=CCC1c1nc2ccccc2s1. The Morgan fingerprint density at radius 3 is 2.77 bits per heavy atom. The van der Waals surface area contributed by atoms with Gasteiger partial charge in [-0.25, -0.2) is 14.6 Å². The largest absolute Gasteiger partial charge is 0.293 e. The molecule has 31 heavy (non-hydrogen) atoms. The normalized spacial score (nSPS) is 18.4. The van der Waals surface area contributed by atoms with E-state index < -0.39 is 0 Å². The Morgan fingerprint density at radius 1 is 1.13 bits per heavy atom. The molecule has 0 spiro atoms. The number of benzene rings is 2. The molecule has 1 N–H and O–H groups in total. The Kier molecular flexibility index (Phi) is 5.65. The monoisotopic (exact) mass is 493 g/mol. The van der Waals surface area contributed by atoms with E-state index in [0.717, 1.165) is 31.7 Å². The van der Waals surface area contributed by atoms with E-state index in [1.54, 1.807) is 22.3 Å². The van der Waals surface area contributed by atoms with Crippen LogP contribution in [0, 0.1) is 5.92 Å². The summed E-state index contributed by atoms with van der Waals surface area (Å²) in [5, 5.41) is 8.35. The first-order valence-corrected chi connectivity index (χ1v) is 11.7. The van der Waals surface area contributed by atoms with E-state index in [0.29, 0.717) is 18.9 Å². The molecular formula is C23H20BrN5OS. The van der Waals surface area contributed by atoms with Gasteiger partial charge < -0.3 is 0 Å². The van der Waals surface area contributed by atoms with Crippen LogP contribution < -0.4 is 5.32 Å². The maximum atomic E-state index is 13.1. The van der Waals surface area contributed by atoms with Gasteiger partial charge in [-0.15, -0.1) is 16.4 Å². The fourth-order valence-electron chi connectivity index (χ4n) is 3.83. The van der Waals surface area contributed by atoms with Gasteiger partial charge in [-0.3, -0.25) is 10.1 Å². The van der Waals surface area contributed by atoms with Crippen molar-refractivity contribution in [3.05, 3.63) is 82.1 Å². The summed E-state index contributed by atoms with van der Waals surface area (Å²) in [5.41, 5.74) is 2.10. The highest BCUT2D eigenvalue weighted by Crippen LogP contribution is 2.38. The second-order valence-electron chi connectivity index (χ2n) is 7.56. The Hall–Kier alpha value is -2.84. The van der Waals surface area contributed by atoms with Gasteiger partial charge in [0.15, 0.2) is 0 Å². The van der Waals surface area contributed by atoms with Crippen LogP contribution in [0.25, 0.3) is 10.2 Å². The number of carbonyl (C=O) groups excluding carboxylic acids is 1. The zero-order valence-corrected chi connectivity index (χ0v) is 19.0. The van der Waals surface area contributed by atoms with Crippen molar-refractivity contribution in [3.8, 4) is 0 Å². The molecule has 0 fully saturated rings. The number of para-hydroxylation sites is 1. The number of hydrogen-bond acceptors (Lipinski definition) is 5. The second kappa shape index (κ2) is 8.72. The fourth-order valence-corrected chi connectivity index (χ4v) is 5.24. The molecule has 0 saturated heterocycles. The highest BCUT2D eigenvalue weighted by molar-refractivity contribution is 9.10. The second-order valence-corrected chi connectivity index (χ2v) is 9.53. The van der Waals surface area contributed by atoms with Crippen LogP contribution in [0.3, 0.4) is 0 Å². The molecule has 2 heterocycles. The third-order valence-electron chi connectivity index (χ3n) is 5.43. The summed E-state index contributed by atoms with van der Waals surface area (Å²) in [5.74, 6) is 0.144. The minimum Gasteiger partial charge on any atom is -0.293 e. The van der Waals surface area contributed by atoms with Gasteiger partial charge >= 0.3 is 0 Å². The third kappa shape index (κ3) is 4.45. The first kappa shape index (κ1) is 20.1. The van der Waals surface area contributed by atoms with Crippen molar-refractivity contribution in [2.75, 3.05) is 5.32 Å². The predicted molar refractivity (Wildman–Crippen MR) is 126 cm³/mol. The van der Waals surface area contributed by atoms with E-state index in [2.05, 4.69) is 49.5 Å². The molecule has 0 saturated carbocycles. The zero-order valence-electron chi connectivity index (χ0n) is 16.6. The van der Waals surface area contributed by atoms with E-state index in [4.69, 9.17) is 4.98 Å². The smallest absolute Gasteiger partial charge is 0.248 e. The molecular weight excluding hydrogens is 474 g/mol. The van der Waals surface area contributed by atoms with Gasteiger partial charge in [0.05, 0.1) is 27.7 Å². The van der Waals surface area contributed by atoms with Crippen LogP contribution in [0.15, 0.2) is 71.5 Å². The molecule has 2 aromatic carbocycles. The average Bonchev–Trinajstić information content (AvgIpc) is 3.42. The lowest BCUT2D eigenvalue weighted by atomic mass is 9.83. The Labute approximate surface area is 192 Å². The van der Waals surface area contributed by atoms with Crippen molar-refractivity contribution in [2.24, 2.45) is 5.92 Å². The van der Waals surface area contributed by atoms with E-state index >= 15 is 0 Å². The minimum absolute atomic E-state index is 0.0602. The highest BCUT2D eigenvalue weighted by atomic mass is 79.9. The Morgan fingerprint density at radius 2 is 1.94 bits per heavy atom. The number of hydrogen-bond donors (Lipinski definition) is 1. The maximum Gasteiger partial charge on any atom is 0.248 e. The Bertz CT molecular complexity index is 1210. The number of anilines is 1. The van der Waals surface area contributed by atoms with Gasteiger partial charge in [0.25, 0.3) is 0 Å². The van der Waals surface area contributed by atoms with Crippen molar-refractivity contribution in [3.63, 3.8) is 0 Å². The Balaban J connectivity index is 1.30. The van der Waals surface area contributed by atoms with Crippen molar-refractivity contribution in [2.45, 2.75) is 25.3 Å². The first-order chi connectivity index (χ1) is 15.2. The topological polar surface area (TPSA) is 72.7 Å². The van der Waals surface area contributed by atoms with Gasteiger partial charge in [-0.05, 0) is 42.7 Å². The summed E-state index contributed by atoms with van der Waals surface area (Å²) >= 11 is 5.11. The van der Waals surface area contributed by atoms with E-state index in [1.807, 2.05) is 42.5 Å². The lowest BCUT2D eigenvalue weighted by molar-refractivity contribution is -0.120. The van der Waals surface area contributed by atoms with Crippen molar-refractivity contribution in [1.29, 1.82) is 0 Å². The summed E-state index contributed by atoms with van der Waals surface area (Å²) in [6.07, 6.45) is 7.36. The molecule has 6 nitrogen and oxygen atoms in total. The molecule has 2 unspecified atom stereocenters. The molecule has 2 aromatic heterocycles. The van der Waals surface area contributed by atoms with Crippen LogP contribution in [0.4, 0.5) is 5.95 Å². The summed E-state index contributed by atoms with van der Waals surface area (Å²) in [6.45, 7) is 0.594. The molecule has 2 atom stereocenters. The van der Waals surface area contributed by atoms with Gasteiger partial charge in [-0.1, -0.05) is 52.3 Å². The molecule has 1 aliphatic rings. The van der Waals surface area contributed by atoms with Crippen LogP contribution in [-0.4, -0.2) is 25.7 Å². The van der Waals surface area contributed by atoms with Crippen LogP contribution in [0.2, 0.25) is 0 Å². The minimum atomic E-state index is -0.191. The maximum absolute atomic E-state index is 13.1. The van der Waals surface area contributed by atoms with Gasteiger partial charge in [-0.2, -0.15) is 0 Å². The standard InChI is InChI=1S/C23H20BrN5OS/c24-16-11-9-15(10-12-16)13-29-14-25-23(28-29)27-21(30)17-5-1-2-6-18(17)22-26-19-7-3-4-8-20(19)31-22/h1-4,7-12,14,17-18H,5-6,13H2,(H,27,28,30). The first-order valence-electron chi connectivity index (χ1n) is 10.1. The fraction of sp³-hybridized carbons (Fsp3) is 0.217. The molecule has 0 radical (unpaired) electrons. The molecule has 1 amide bonds. The van der Waals surface area contributed by atoms with Crippen molar-refractivity contribution >= 4 is 49.3 Å². The quantitative estimate of drug-likeness (QED) is 0.378. The van der Waals surface area contributed by atoms with E-state index in [-0.39, 0.29) is 17.7 Å². The lowest BCUT2D eigenvalue weighted by Gasteiger charge is -2.25. The van der Waals surface area contributed by atoms with Crippen LogP contribution in [-0.2, 0) is 11.3 Å². The van der Waals surface area contributed by atoms with E-state index in [1.165, 1.54) is 0 Å². The number of nitrogens with one attached hydrogen (secondary N) is 1. The molecule has 4 aromatic rings. The zero-order chi connectivity index (χ0) is 21.2. The number of nitrogens with zero attached hydrogens (tertiary/aromatic N) is 4.